The quantitative estimate of drug-likeness (QED) is 0.652. The third-order valence-corrected chi connectivity index (χ3v) is 3.33. The van der Waals surface area contributed by atoms with Crippen molar-refractivity contribution in [3.63, 3.8) is 0 Å². The van der Waals surface area contributed by atoms with Crippen LogP contribution in [0.15, 0.2) is 0 Å². The Hall–Kier alpha value is -0.370. The number of carbonyl (C=O) groups excluding carboxylic acids is 1. The Balaban J connectivity index is 4.17. The van der Waals surface area contributed by atoms with E-state index in [9.17, 15) is 4.79 Å². The van der Waals surface area contributed by atoms with E-state index in [1.807, 2.05) is 20.8 Å². The van der Waals surface area contributed by atoms with Gasteiger partial charge in [0, 0.05) is 6.42 Å². The summed E-state index contributed by atoms with van der Waals surface area (Å²) in [7, 11) is 0. The minimum absolute atomic E-state index is 0.353. The predicted molar refractivity (Wildman–Crippen MR) is 70.7 cm³/mol. The van der Waals surface area contributed by atoms with Gasteiger partial charge in [0.2, 0.25) is 0 Å². The van der Waals surface area contributed by atoms with E-state index >= 15 is 0 Å². The molecule has 96 valence electrons. The van der Waals surface area contributed by atoms with Crippen LogP contribution in [0.5, 0.6) is 0 Å². The van der Waals surface area contributed by atoms with Crippen LogP contribution in [0.3, 0.4) is 0 Å². The SMILES string of the molecule is CCCCC(CC)CC(=O)C(C)(C)NCC. The molecule has 0 fully saturated rings. The minimum Gasteiger partial charge on any atom is -0.306 e. The molecule has 1 unspecified atom stereocenters. The number of carbonyl (C=O) groups is 1. The summed E-state index contributed by atoms with van der Waals surface area (Å²) in [6.07, 6.45) is 5.51. The second kappa shape index (κ2) is 7.83. The molecule has 0 aliphatic heterocycles. The largest absolute Gasteiger partial charge is 0.306 e. The van der Waals surface area contributed by atoms with Gasteiger partial charge in [0.05, 0.1) is 5.54 Å². The van der Waals surface area contributed by atoms with Gasteiger partial charge in [-0.15, -0.1) is 0 Å². The molecule has 0 bridgehead atoms. The topological polar surface area (TPSA) is 29.1 Å². The molecule has 0 rings (SSSR count). The summed E-state index contributed by atoms with van der Waals surface area (Å²) >= 11 is 0. The van der Waals surface area contributed by atoms with E-state index in [1.54, 1.807) is 0 Å². The molecule has 0 saturated carbocycles. The maximum atomic E-state index is 12.1. The highest BCUT2D eigenvalue weighted by Gasteiger charge is 2.27. The molecular weight excluding hydrogens is 198 g/mol. The molecule has 0 aromatic carbocycles. The highest BCUT2D eigenvalue weighted by Crippen LogP contribution is 2.20. The van der Waals surface area contributed by atoms with Crippen LogP contribution >= 0.6 is 0 Å². The first-order valence-corrected chi connectivity index (χ1v) is 6.76. The van der Waals surface area contributed by atoms with Crippen LogP contribution in [0.1, 0.15) is 66.7 Å². The summed E-state index contributed by atoms with van der Waals surface area (Å²) in [5, 5.41) is 3.26. The molecule has 1 atom stereocenters. The molecule has 1 N–H and O–H groups in total. The lowest BCUT2D eigenvalue weighted by Crippen LogP contribution is -2.47. The molecule has 0 spiro atoms. The van der Waals surface area contributed by atoms with Gasteiger partial charge in [0.1, 0.15) is 0 Å². The van der Waals surface area contributed by atoms with Crippen molar-refractivity contribution in [1.29, 1.82) is 0 Å². The molecule has 0 radical (unpaired) electrons. The number of Topliss-reactive ketones (excluding diaryl/α,β-unsaturated/α-hetero) is 1. The van der Waals surface area contributed by atoms with E-state index in [2.05, 4.69) is 19.2 Å². The molecule has 0 saturated heterocycles. The maximum absolute atomic E-state index is 12.1. The number of ketones is 1. The van der Waals surface area contributed by atoms with Crippen molar-refractivity contribution in [2.24, 2.45) is 5.92 Å². The van der Waals surface area contributed by atoms with E-state index in [4.69, 9.17) is 0 Å². The van der Waals surface area contributed by atoms with Crippen LogP contribution in [0.25, 0.3) is 0 Å². The van der Waals surface area contributed by atoms with Crippen LogP contribution in [0.4, 0.5) is 0 Å². The third-order valence-electron chi connectivity index (χ3n) is 3.33. The Morgan fingerprint density at radius 2 is 1.88 bits per heavy atom. The summed E-state index contributed by atoms with van der Waals surface area (Å²) in [5.74, 6) is 0.933. The van der Waals surface area contributed by atoms with Crippen LogP contribution in [-0.4, -0.2) is 17.9 Å². The summed E-state index contributed by atoms with van der Waals surface area (Å²) < 4.78 is 0. The summed E-state index contributed by atoms with van der Waals surface area (Å²) in [4.78, 5) is 12.1. The number of hydrogen-bond acceptors (Lipinski definition) is 2. The fraction of sp³-hybridized carbons (Fsp3) is 0.929. The van der Waals surface area contributed by atoms with E-state index in [-0.39, 0.29) is 5.54 Å². The van der Waals surface area contributed by atoms with Crippen molar-refractivity contribution in [2.45, 2.75) is 72.3 Å². The average Bonchev–Trinajstić information content (AvgIpc) is 2.23. The van der Waals surface area contributed by atoms with Gasteiger partial charge in [-0.25, -0.2) is 0 Å². The highest BCUT2D eigenvalue weighted by atomic mass is 16.1. The van der Waals surface area contributed by atoms with Crippen LogP contribution < -0.4 is 5.32 Å². The monoisotopic (exact) mass is 227 g/mol. The minimum atomic E-state index is -0.353. The van der Waals surface area contributed by atoms with Gasteiger partial charge in [0.25, 0.3) is 0 Å². The summed E-state index contributed by atoms with van der Waals surface area (Å²) in [6, 6.07) is 0. The Labute approximate surface area is 101 Å². The normalized spacial score (nSPS) is 13.8. The lowest BCUT2D eigenvalue weighted by molar-refractivity contribution is -0.125. The lowest BCUT2D eigenvalue weighted by atomic mass is 9.87. The van der Waals surface area contributed by atoms with Gasteiger partial charge < -0.3 is 5.32 Å². The fourth-order valence-corrected chi connectivity index (χ4v) is 2.00. The number of likely N-dealkylation sites (N-methyl/N-ethyl adjacent to an activating group) is 1. The van der Waals surface area contributed by atoms with Crippen molar-refractivity contribution < 1.29 is 4.79 Å². The number of rotatable bonds is 9. The third kappa shape index (κ3) is 5.64. The average molecular weight is 227 g/mol. The van der Waals surface area contributed by atoms with E-state index in [1.165, 1.54) is 19.3 Å². The van der Waals surface area contributed by atoms with Gasteiger partial charge in [-0.2, -0.15) is 0 Å². The number of hydrogen-bond donors (Lipinski definition) is 1. The van der Waals surface area contributed by atoms with Gasteiger partial charge >= 0.3 is 0 Å². The van der Waals surface area contributed by atoms with Gasteiger partial charge in [-0.1, -0.05) is 46.5 Å². The van der Waals surface area contributed by atoms with Crippen molar-refractivity contribution in [2.75, 3.05) is 6.54 Å². The van der Waals surface area contributed by atoms with Gasteiger partial charge in [0.15, 0.2) is 5.78 Å². The zero-order valence-corrected chi connectivity index (χ0v) is 11.7. The molecule has 0 heterocycles. The van der Waals surface area contributed by atoms with Crippen molar-refractivity contribution in [3.05, 3.63) is 0 Å². The molecule has 0 amide bonds. The molecule has 0 aromatic heterocycles. The predicted octanol–water partition coefficient (Wildman–Crippen LogP) is 3.55. The highest BCUT2D eigenvalue weighted by molar-refractivity contribution is 5.87. The van der Waals surface area contributed by atoms with E-state index in [0.717, 1.165) is 19.4 Å². The summed E-state index contributed by atoms with van der Waals surface area (Å²) in [6.45, 7) is 11.3. The summed E-state index contributed by atoms with van der Waals surface area (Å²) in [5.41, 5.74) is -0.353. The molecule has 2 nitrogen and oxygen atoms in total. The molecule has 2 heteroatoms. The molecule has 0 aromatic rings. The van der Waals surface area contributed by atoms with Crippen LogP contribution in [-0.2, 0) is 4.79 Å². The smallest absolute Gasteiger partial charge is 0.152 e. The van der Waals surface area contributed by atoms with E-state index < -0.39 is 0 Å². The van der Waals surface area contributed by atoms with Gasteiger partial charge in [-0.05, 0) is 26.3 Å². The number of nitrogens with one attached hydrogen (secondary N) is 1. The van der Waals surface area contributed by atoms with Crippen LogP contribution in [0.2, 0.25) is 0 Å². The molecular formula is C14H29NO. The maximum Gasteiger partial charge on any atom is 0.152 e. The first-order chi connectivity index (χ1) is 7.47. The van der Waals surface area contributed by atoms with Crippen molar-refractivity contribution in [3.8, 4) is 0 Å². The van der Waals surface area contributed by atoms with Crippen molar-refractivity contribution >= 4 is 5.78 Å². The second-order valence-electron chi connectivity index (χ2n) is 5.20. The first kappa shape index (κ1) is 15.6. The fourth-order valence-electron chi connectivity index (χ4n) is 2.00. The Bertz CT molecular complexity index is 199. The second-order valence-corrected chi connectivity index (χ2v) is 5.20. The first-order valence-electron chi connectivity index (χ1n) is 6.76. The molecule has 0 aliphatic carbocycles. The molecule has 16 heavy (non-hydrogen) atoms. The van der Waals surface area contributed by atoms with Crippen LogP contribution in [0, 0.1) is 5.92 Å². The van der Waals surface area contributed by atoms with E-state index in [0.29, 0.717) is 11.7 Å². The Morgan fingerprint density at radius 3 is 2.31 bits per heavy atom. The zero-order valence-electron chi connectivity index (χ0n) is 11.7. The lowest BCUT2D eigenvalue weighted by Gasteiger charge is -2.26. The number of unbranched alkanes of at least 4 members (excludes halogenated alkanes) is 1. The van der Waals surface area contributed by atoms with Gasteiger partial charge in [-0.3, -0.25) is 4.79 Å². The molecule has 0 aliphatic rings. The standard InChI is InChI=1S/C14H29NO/c1-6-9-10-12(7-2)11-13(16)14(4,5)15-8-3/h12,15H,6-11H2,1-5H3. The van der Waals surface area contributed by atoms with Crippen molar-refractivity contribution in [1.82, 2.24) is 5.32 Å². The Morgan fingerprint density at radius 1 is 1.25 bits per heavy atom. The Kier molecular flexibility index (Phi) is 7.65. The zero-order chi connectivity index (χ0) is 12.6.